The van der Waals surface area contributed by atoms with Gasteiger partial charge in [-0.05, 0) is 25.7 Å². The van der Waals surface area contributed by atoms with E-state index in [1.165, 1.54) is 25.0 Å². The molecule has 0 saturated heterocycles. The van der Waals surface area contributed by atoms with E-state index in [9.17, 15) is 0 Å². The van der Waals surface area contributed by atoms with Crippen LogP contribution < -0.4 is 5.32 Å². The van der Waals surface area contributed by atoms with Crippen molar-refractivity contribution < 1.29 is 0 Å². The molecule has 1 aromatic rings. The quantitative estimate of drug-likeness (QED) is 0.808. The van der Waals surface area contributed by atoms with Crippen molar-refractivity contribution in [3.05, 3.63) is 16.6 Å². The van der Waals surface area contributed by atoms with Crippen LogP contribution in [0.4, 0.5) is 0 Å². The molecule has 3 heteroatoms. The Labute approximate surface area is 89.8 Å². The molecular formula is C11H18N2S. The van der Waals surface area contributed by atoms with Crippen LogP contribution in [0.5, 0.6) is 0 Å². The van der Waals surface area contributed by atoms with Gasteiger partial charge in [0.25, 0.3) is 0 Å². The van der Waals surface area contributed by atoms with Crippen molar-refractivity contribution >= 4 is 11.3 Å². The fourth-order valence-electron chi connectivity index (χ4n) is 1.98. The Morgan fingerprint density at radius 2 is 2.57 bits per heavy atom. The zero-order chi connectivity index (χ0) is 9.97. The predicted molar refractivity (Wildman–Crippen MR) is 60.5 cm³/mol. The first kappa shape index (κ1) is 10.1. The Balaban J connectivity index is 1.77. The first-order valence-electron chi connectivity index (χ1n) is 5.45. The molecule has 1 fully saturated rings. The van der Waals surface area contributed by atoms with Crippen molar-refractivity contribution in [3.8, 4) is 0 Å². The smallest absolute Gasteiger partial charge is 0.0795 e. The molecular weight excluding hydrogens is 192 g/mol. The fourth-order valence-corrected chi connectivity index (χ4v) is 2.63. The van der Waals surface area contributed by atoms with Gasteiger partial charge in [-0.1, -0.05) is 13.3 Å². The molecule has 0 aromatic carbocycles. The molecule has 78 valence electrons. The third-order valence-corrected chi connectivity index (χ3v) is 3.55. The molecule has 1 aromatic heterocycles. The second-order valence-corrected chi connectivity index (χ2v) is 4.91. The first-order valence-corrected chi connectivity index (χ1v) is 6.39. The molecule has 3 unspecified atom stereocenters. The van der Waals surface area contributed by atoms with Crippen LogP contribution in [0.2, 0.25) is 0 Å². The van der Waals surface area contributed by atoms with E-state index >= 15 is 0 Å². The molecule has 3 atom stereocenters. The van der Waals surface area contributed by atoms with Crippen molar-refractivity contribution in [2.24, 2.45) is 5.92 Å². The van der Waals surface area contributed by atoms with E-state index in [-0.39, 0.29) is 0 Å². The van der Waals surface area contributed by atoms with Gasteiger partial charge in [0.05, 0.1) is 11.2 Å². The van der Waals surface area contributed by atoms with Crippen LogP contribution in [0, 0.1) is 5.92 Å². The van der Waals surface area contributed by atoms with Gasteiger partial charge >= 0.3 is 0 Å². The molecule has 2 rings (SSSR count). The molecule has 14 heavy (non-hydrogen) atoms. The molecule has 1 aliphatic carbocycles. The Morgan fingerprint density at radius 1 is 1.71 bits per heavy atom. The van der Waals surface area contributed by atoms with E-state index in [0.717, 1.165) is 12.0 Å². The second-order valence-electron chi connectivity index (χ2n) is 4.19. The normalized spacial score (nSPS) is 27.6. The molecule has 0 aliphatic heterocycles. The molecule has 0 radical (unpaired) electrons. The largest absolute Gasteiger partial charge is 0.306 e. The van der Waals surface area contributed by atoms with Gasteiger partial charge in [-0.25, -0.2) is 4.98 Å². The number of nitrogens with zero attached hydrogens (tertiary/aromatic N) is 1. The van der Waals surface area contributed by atoms with Crippen molar-refractivity contribution in [1.29, 1.82) is 0 Å². The highest BCUT2D eigenvalue weighted by Crippen LogP contribution is 2.36. The van der Waals surface area contributed by atoms with E-state index in [2.05, 4.69) is 29.5 Å². The Bertz CT molecular complexity index is 271. The van der Waals surface area contributed by atoms with E-state index in [1.54, 1.807) is 11.3 Å². The highest BCUT2D eigenvalue weighted by molar-refractivity contribution is 7.07. The number of hydrogen-bond acceptors (Lipinski definition) is 3. The van der Waals surface area contributed by atoms with Crippen LogP contribution in [-0.2, 0) is 0 Å². The summed E-state index contributed by atoms with van der Waals surface area (Å²) < 4.78 is 0. The van der Waals surface area contributed by atoms with Gasteiger partial charge in [0, 0.05) is 17.5 Å². The summed E-state index contributed by atoms with van der Waals surface area (Å²) in [6.07, 6.45) is 4.05. The van der Waals surface area contributed by atoms with E-state index in [0.29, 0.717) is 6.04 Å². The maximum Gasteiger partial charge on any atom is 0.0795 e. The lowest BCUT2D eigenvalue weighted by atomic mass is 10.2. The van der Waals surface area contributed by atoms with Crippen LogP contribution in [0.1, 0.15) is 44.8 Å². The van der Waals surface area contributed by atoms with Gasteiger partial charge in [-0.2, -0.15) is 0 Å². The molecule has 1 N–H and O–H groups in total. The summed E-state index contributed by atoms with van der Waals surface area (Å²) in [5.41, 5.74) is 3.10. The van der Waals surface area contributed by atoms with Crippen LogP contribution >= 0.6 is 11.3 Å². The number of hydrogen-bond donors (Lipinski definition) is 1. The zero-order valence-electron chi connectivity index (χ0n) is 8.86. The third kappa shape index (κ3) is 2.34. The van der Waals surface area contributed by atoms with Crippen molar-refractivity contribution in [3.63, 3.8) is 0 Å². The highest BCUT2D eigenvalue weighted by Gasteiger charge is 2.36. The van der Waals surface area contributed by atoms with E-state index in [4.69, 9.17) is 0 Å². The Kier molecular flexibility index (Phi) is 3.19. The number of rotatable bonds is 5. The van der Waals surface area contributed by atoms with Crippen LogP contribution in [0.15, 0.2) is 10.9 Å². The molecule has 1 heterocycles. The summed E-state index contributed by atoms with van der Waals surface area (Å²) in [7, 11) is 0. The maximum absolute atomic E-state index is 4.32. The van der Waals surface area contributed by atoms with Gasteiger partial charge in [0.2, 0.25) is 0 Å². The molecule has 0 bridgehead atoms. The number of aromatic nitrogens is 1. The number of nitrogens with one attached hydrogen (secondary N) is 1. The van der Waals surface area contributed by atoms with E-state index < -0.39 is 0 Å². The molecule has 2 nitrogen and oxygen atoms in total. The minimum absolute atomic E-state index is 0.424. The lowest BCUT2D eigenvalue weighted by Crippen LogP contribution is -2.22. The van der Waals surface area contributed by atoms with Crippen LogP contribution in [-0.4, -0.2) is 11.0 Å². The topological polar surface area (TPSA) is 24.9 Å². The average molecular weight is 210 g/mol. The zero-order valence-corrected chi connectivity index (χ0v) is 9.68. The van der Waals surface area contributed by atoms with Gasteiger partial charge in [0.1, 0.15) is 0 Å². The molecule has 0 amide bonds. The summed E-state index contributed by atoms with van der Waals surface area (Å²) in [6, 6.07) is 1.18. The van der Waals surface area contributed by atoms with Gasteiger partial charge < -0.3 is 5.32 Å². The standard InChI is InChI=1S/C11H18N2S/c1-3-4-9-5-10(9)13-8(2)11-6-14-7-12-11/h6-10,13H,3-5H2,1-2H3. The Hall–Kier alpha value is -0.410. The van der Waals surface area contributed by atoms with Crippen LogP contribution in [0.25, 0.3) is 0 Å². The lowest BCUT2D eigenvalue weighted by molar-refractivity contribution is 0.523. The second kappa shape index (κ2) is 4.41. The third-order valence-electron chi connectivity index (χ3n) is 2.94. The summed E-state index contributed by atoms with van der Waals surface area (Å²) in [6.45, 7) is 4.47. The summed E-state index contributed by atoms with van der Waals surface area (Å²) >= 11 is 1.68. The van der Waals surface area contributed by atoms with Gasteiger partial charge in [-0.3, -0.25) is 0 Å². The fraction of sp³-hybridized carbons (Fsp3) is 0.727. The van der Waals surface area contributed by atoms with Crippen LogP contribution in [0.3, 0.4) is 0 Å². The molecule has 1 saturated carbocycles. The predicted octanol–water partition coefficient (Wildman–Crippen LogP) is 2.98. The summed E-state index contributed by atoms with van der Waals surface area (Å²) in [5.74, 6) is 0.932. The number of thiazole rings is 1. The van der Waals surface area contributed by atoms with Gasteiger partial charge in [-0.15, -0.1) is 11.3 Å². The van der Waals surface area contributed by atoms with Crippen molar-refractivity contribution in [1.82, 2.24) is 10.3 Å². The summed E-state index contributed by atoms with van der Waals surface area (Å²) in [4.78, 5) is 4.32. The van der Waals surface area contributed by atoms with Crippen molar-refractivity contribution in [2.45, 2.75) is 45.2 Å². The minimum atomic E-state index is 0.424. The maximum atomic E-state index is 4.32. The average Bonchev–Trinajstić information content (AvgIpc) is 2.71. The Morgan fingerprint density at radius 3 is 3.21 bits per heavy atom. The summed E-state index contributed by atoms with van der Waals surface area (Å²) in [5, 5.41) is 5.77. The lowest BCUT2D eigenvalue weighted by Gasteiger charge is -2.10. The minimum Gasteiger partial charge on any atom is -0.306 e. The van der Waals surface area contributed by atoms with Crippen molar-refractivity contribution in [2.75, 3.05) is 0 Å². The monoisotopic (exact) mass is 210 g/mol. The first-order chi connectivity index (χ1) is 6.81. The molecule has 1 aliphatic rings. The van der Waals surface area contributed by atoms with E-state index in [1.807, 2.05) is 5.51 Å². The SMILES string of the molecule is CCCC1CC1NC(C)c1cscn1. The van der Waals surface area contributed by atoms with Gasteiger partial charge in [0.15, 0.2) is 0 Å². The molecule has 0 spiro atoms. The highest BCUT2D eigenvalue weighted by atomic mass is 32.1.